The van der Waals surface area contributed by atoms with Crippen molar-refractivity contribution in [1.82, 2.24) is 4.98 Å². The van der Waals surface area contributed by atoms with Gasteiger partial charge in [-0.05, 0) is 31.5 Å². The lowest BCUT2D eigenvalue weighted by molar-refractivity contribution is 0.103. The average molecular weight is 226 g/mol. The van der Waals surface area contributed by atoms with E-state index in [9.17, 15) is 4.79 Å². The molecule has 0 aliphatic rings. The summed E-state index contributed by atoms with van der Waals surface area (Å²) >= 11 is 0. The van der Waals surface area contributed by atoms with Gasteiger partial charge in [-0.25, -0.2) is 0 Å². The fraction of sp³-hybridized carbons (Fsp3) is 0.143. The summed E-state index contributed by atoms with van der Waals surface area (Å²) in [7, 11) is 0. The van der Waals surface area contributed by atoms with Crippen molar-refractivity contribution in [2.45, 2.75) is 13.8 Å². The number of aryl methyl sites for hydroxylation is 2. The number of rotatable bonds is 2. The minimum absolute atomic E-state index is 0.0499. The topological polar surface area (TPSA) is 56.0 Å². The van der Waals surface area contributed by atoms with Crippen molar-refractivity contribution in [1.29, 1.82) is 0 Å². The van der Waals surface area contributed by atoms with Gasteiger partial charge in [0.25, 0.3) is 0 Å². The summed E-state index contributed by atoms with van der Waals surface area (Å²) in [6.07, 6.45) is 3.08. The molecule has 1 aromatic carbocycles. The molecule has 1 aromatic heterocycles. The number of carbonyl (C=O) groups excluding carboxylic acids is 1. The van der Waals surface area contributed by atoms with Crippen molar-refractivity contribution in [3.63, 3.8) is 0 Å². The number of benzene rings is 1. The number of nitrogens with two attached hydrogens (primary N) is 1. The number of ketones is 1. The van der Waals surface area contributed by atoms with Gasteiger partial charge in [-0.1, -0.05) is 17.7 Å². The third kappa shape index (κ3) is 2.18. The molecule has 0 aliphatic heterocycles. The molecule has 0 atom stereocenters. The van der Waals surface area contributed by atoms with E-state index < -0.39 is 0 Å². The lowest BCUT2D eigenvalue weighted by Gasteiger charge is -2.07. The Balaban J connectivity index is 2.51. The quantitative estimate of drug-likeness (QED) is 0.800. The Hall–Kier alpha value is -2.16. The highest BCUT2D eigenvalue weighted by molar-refractivity contribution is 6.12. The summed E-state index contributed by atoms with van der Waals surface area (Å²) in [5.41, 5.74) is 9.40. The number of nitrogens with zero attached hydrogens (tertiary/aromatic N) is 1. The van der Waals surface area contributed by atoms with E-state index in [-0.39, 0.29) is 5.78 Å². The number of aromatic nitrogens is 1. The first-order valence-corrected chi connectivity index (χ1v) is 5.41. The molecule has 0 saturated carbocycles. The fourth-order valence-electron chi connectivity index (χ4n) is 1.74. The number of anilines is 1. The van der Waals surface area contributed by atoms with Gasteiger partial charge < -0.3 is 5.73 Å². The number of hydrogen-bond donors (Lipinski definition) is 1. The number of pyridine rings is 1. The number of nitrogen functional groups attached to an aromatic ring is 1. The van der Waals surface area contributed by atoms with Crippen LogP contribution in [-0.4, -0.2) is 10.8 Å². The Morgan fingerprint density at radius 3 is 2.65 bits per heavy atom. The minimum atomic E-state index is -0.0499. The summed E-state index contributed by atoms with van der Waals surface area (Å²) in [5, 5.41) is 0. The first kappa shape index (κ1) is 11.3. The molecular formula is C14H14N2O. The first-order valence-electron chi connectivity index (χ1n) is 5.41. The third-order valence-corrected chi connectivity index (χ3v) is 2.73. The van der Waals surface area contributed by atoms with Crippen LogP contribution in [0.15, 0.2) is 36.7 Å². The van der Waals surface area contributed by atoms with E-state index in [1.165, 1.54) is 6.20 Å². The van der Waals surface area contributed by atoms with Crippen LogP contribution in [0.2, 0.25) is 0 Å². The normalized spacial score (nSPS) is 10.2. The summed E-state index contributed by atoms with van der Waals surface area (Å²) in [4.78, 5) is 16.2. The minimum Gasteiger partial charge on any atom is -0.397 e. The molecule has 0 radical (unpaired) electrons. The second-order valence-electron chi connectivity index (χ2n) is 4.11. The predicted octanol–water partition coefficient (Wildman–Crippen LogP) is 2.51. The Morgan fingerprint density at radius 2 is 1.94 bits per heavy atom. The van der Waals surface area contributed by atoms with Crippen LogP contribution >= 0.6 is 0 Å². The number of hydrogen-bond acceptors (Lipinski definition) is 3. The Morgan fingerprint density at radius 1 is 1.18 bits per heavy atom. The maximum atomic E-state index is 12.3. The molecule has 0 unspecified atom stereocenters. The third-order valence-electron chi connectivity index (χ3n) is 2.73. The Kier molecular flexibility index (Phi) is 2.91. The smallest absolute Gasteiger partial charge is 0.195 e. The summed E-state index contributed by atoms with van der Waals surface area (Å²) in [6, 6.07) is 7.47. The predicted molar refractivity (Wildman–Crippen MR) is 68.0 cm³/mol. The van der Waals surface area contributed by atoms with Crippen molar-refractivity contribution >= 4 is 11.5 Å². The van der Waals surface area contributed by atoms with Crippen LogP contribution in [0, 0.1) is 13.8 Å². The van der Waals surface area contributed by atoms with E-state index in [4.69, 9.17) is 5.73 Å². The molecule has 0 bridgehead atoms. The van der Waals surface area contributed by atoms with E-state index in [1.807, 2.05) is 32.0 Å². The van der Waals surface area contributed by atoms with Crippen LogP contribution < -0.4 is 5.73 Å². The van der Waals surface area contributed by atoms with E-state index in [0.29, 0.717) is 16.8 Å². The maximum absolute atomic E-state index is 12.3. The molecule has 0 saturated heterocycles. The molecule has 0 spiro atoms. The SMILES string of the molecule is Cc1ccc(C)c(C(=O)c2ccncc2N)c1. The zero-order valence-corrected chi connectivity index (χ0v) is 9.90. The van der Waals surface area contributed by atoms with Crippen LogP contribution in [0.25, 0.3) is 0 Å². The second kappa shape index (κ2) is 4.37. The van der Waals surface area contributed by atoms with Gasteiger partial charge in [0.05, 0.1) is 11.9 Å². The molecule has 1 heterocycles. The number of carbonyl (C=O) groups is 1. The van der Waals surface area contributed by atoms with Crippen molar-refractivity contribution in [2.24, 2.45) is 0 Å². The maximum Gasteiger partial charge on any atom is 0.195 e. The van der Waals surface area contributed by atoms with Gasteiger partial charge in [0, 0.05) is 17.3 Å². The zero-order valence-electron chi connectivity index (χ0n) is 9.90. The molecular weight excluding hydrogens is 212 g/mol. The first-order chi connectivity index (χ1) is 8.09. The molecule has 2 rings (SSSR count). The Bertz CT molecular complexity index is 576. The van der Waals surface area contributed by atoms with Gasteiger partial charge in [0.1, 0.15) is 0 Å². The summed E-state index contributed by atoms with van der Waals surface area (Å²) in [5.74, 6) is -0.0499. The highest BCUT2D eigenvalue weighted by atomic mass is 16.1. The van der Waals surface area contributed by atoms with Crippen molar-refractivity contribution in [3.05, 3.63) is 58.9 Å². The van der Waals surface area contributed by atoms with E-state index in [2.05, 4.69) is 4.98 Å². The largest absolute Gasteiger partial charge is 0.397 e. The lowest BCUT2D eigenvalue weighted by atomic mass is 9.97. The van der Waals surface area contributed by atoms with Crippen molar-refractivity contribution < 1.29 is 4.79 Å². The van der Waals surface area contributed by atoms with Gasteiger partial charge in [-0.3, -0.25) is 9.78 Å². The monoisotopic (exact) mass is 226 g/mol. The highest BCUT2D eigenvalue weighted by Crippen LogP contribution is 2.18. The lowest BCUT2D eigenvalue weighted by Crippen LogP contribution is -2.07. The summed E-state index contributed by atoms with van der Waals surface area (Å²) in [6.45, 7) is 3.89. The molecule has 2 aromatic rings. The molecule has 0 aliphatic carbocycles. The van der Waals surface area contributed by atoms with Crippen LogP contribution in [0.4, 0.5) is 5.69 Å². The van der Waals surface area contributed by atoms with Gasteiger partial charge in [-0.2, -0.15) is 0 Å². The van der Waals surface area contributed by atoms with Gasteiger partial charge in [-0.15, -0.1) is 0 Å². The van der Waals surface area contributed by atoms with E-state index >= 15 is 0 Å². The van der Waals surface area contributed by atoms with Crippen LogP contribution in [0.3, 0.4) is 0 Å². The molecule has 3 heteroatoms. The Labute approximate surface area is 100 Å². The molecule has 0 fully saturated rings. The molecule has 86 valence electrons. The standard InChI is InChI=1S/C14H14N2O/c1-9-3-4-10(2)12(7-9)14(17)11-5-6-16-8-13(11)15/h3-8H,15H2,1-2H3. The molecule has 3 nitrogen and oxygen atoms in total. The second-order valence-corrected chi connectivity index (χ2v) is 4.11. The average Bonchev–Trinajstić information content (AvgIpc) is 2.32. The van der Waals surface area contributed by atoms with E-state index in [1.54, 1.807) is 12.3 Å². The molecule has 0 amide bonds. The van der Waals surface area contributed by atoms with Crippen LogP contribution in [0.1, 0.15) is 27.0 Å². The zero-order chi connectivity index (χ0) is 12.4. The van der Waals surface area contributed by atoms with Crippen LogP contribution in [-0.2, 0) is 0 Å². The van der Waals surface area contributed by atoms with Crippen molar-refractivity contribution in [2.75, 3.05) is 5.73 Å². The van der Waals surface area contributed by atoms with Gasteiger partial charge in [0.2, 0.25) is 0 Å². The molecule has 2 N–H and O–H groups in total. The fourth-order valence-corrected chi connectivity index (χ4v) is 1.74. The van der Waals surface area contributed by atoms with Gasteiger partial charge >= 0.3 is 0 Å². The van der Waals surface area contributed by atoms with Crippen molar-refractivity contribution in [3.8, 4) is 0 Å². The molecule has 17 heavy (non-hydrogen) atoms. The summed E-state index contributed by atoms with van der Waals surface area (Å²) < 4.78 is 0. The van der Waals surface area contributed by atoms with E-state index in [0.717, 1.165) is 11.1 Å². The van der Waals surface area contributed by atoms with Gasteiger partial charge in [0.15, 0.2) is 5.78 Å². The van der Waals surface area contributed by atoms with Crippen LogP contribution in [0.5, 0.6) is 0 Å². The highest BCUT2D eigenvalue weighted by Gasteiger charge is 2.14.